The van der Waals surface area contributed by atoms with E-state index in [1.807, 2.05) is 24.3 Å². The van der Waals surface area contributed by atoms with Gasteiger partial charge < -0.3 is 18.9 Å². The van der Waals surface area contributed by atoms with E-state index in [9.17, 15) is 4.79 Å². The van der Waals surface area contributed by atoms with Crippen LogP contribution in [0.3, 0.4) is 0 Å². The molecule has 8 heteroatoms. The van der Waals surface area contributed by atoms with Crippen LogP contribution >= 0.6 is 11.8 Å². The normalized spacial score (nSPS) is 11.9. The van der Waals surface area contributed by atoms with Crippen molar-refractivity contribution < 1.29 is 18.4 Å². The molecule has 3 aromatic rings. The van der Waals surface area contributed by atoms with E-state index < -0.39 is 0 Å². The minimum absolute atomic E-state index is 0.0822. The highest BCUT2D eigenvalue weighted by molar-refractivity contribution is 8.00. The Morgan fingerprint density at radius 1 is 1.27 bits per heavy atom. The third-order valence-electron chi connectivity index (χ3n) is 3.66. The first-order valence-corrected chi connectivity index (χ1v) is 8.98. The Balaban J connectivity index is 1.45. The van der Waals surface area contributed by atoms with E-state index in [-0.39, 0.29) is 11.2 Å². The highest BCUT2D eigenvalue weighted by Crippen LogP contribution is 2.26. The molecule has 0 saturated carbocycles. The molecule has 1 amide bonds. The van der Waals surface area contributed by atoms with E-state index in [2.05, 4.69) is 15.5 Å². The van der Waals surface area contributed by atoms with Crippen LogP contribution in [0.1, 0.15) is 12.5 Å². The van der Waals surface area contributed by atoms with Crippen LogP contribution in [0.5, 0.6) is 5.75 Å². The lowest BCUT2D eigenvalue weighted by Gasteiger charge is -2.10. The summed E-state index contributed by atoms with van der Waals surface area (Å²) in [6, 6.07) is 11.3. The maximum absolute atomic E-state index is 12.2. The number of hydrogen-bond acceptors (Lipinski definition) is 7. The molecular formula is C18H19N3O4S. The number of rotatable bonds is 8. The molecule has 0 aliphatic carbocycles. The van der Waals surface area contributed by atoms with Gasteiger partial charge in [0.2, 0.25) is 5.91 Å². The van der Waals surface area contributed by atoms with E-state index in [1.165, 1.54) is 18.0 Å². The Labute approximate surface area is 155 Å². The van der Waals surface area contributed by atoms with Crippen LogP contribution in [0.2, 0.25) is 0 Å². The third kappa shape index (κ3) is 4.66. The van der Waals surface area contributed by atoms with E-state index in [0.717, 1.165) is 17.7 Å². The summed E-state index contributed by atoms with van der Waals surface area (Å²) >= 11 is 1.21. The summed E-state index contributed by atoms with van der Waals surface area (Å²) in [4.78, 5) is 12.2. The van der Waals surface area contributed by atoms with Gasteiger partial charge in [-0.1, -0.05) is 23.9 Å². The average molecular weight is 373 g/mol. The van der Waals surface area contributed by atoms with Gasteiger partial charge in [0.15, 0.2) is 5.76 Å². The lowest BCUT2D eigenvalue weighted by atomic mass is 10.1. The standard InChI is InChI=1S/C18H19N3O4S/c1-12(26-18-21-20-17(25-18)15-4-3-11-24-15)16(22)19-10-9-13-5-7-14(23-2)8-6-13/h3-8,11-12H,9-10H2,1-2H3,(H,19,22)/t12-/m0/s1. The van der Waals surface area contributed by atoms with Crippen molar-refractivity contribution in [2.45, 2.75) is 23.8 Å². The number of nitrogens with one attached hydrogen (secondary N) is 1. The number of carbonyl (C=O) groups excluding carboxylic acids is 1. The lowest BCUT2D eigenvalue weighted by Crippen LogP contribution is -2.32. The minimum atomic E-state index is -0.351. The maximum Gasteiger partial charge on any atom is 0.284 e. The summed E-state index contributed by atoms with van der Waals surface area (Å²) in [5, 5.41) is 10.7. The fourth-order valence-corrected chi connectivity index (χ4v) is 2.94. The van der Waals surface area contributed by atoms with Crippen LogP contribution in [-0.2, 0) is 11.2 Å². The number of amides is 1. The first-order valence-electron chi connectivity index (χ1n) is 8.10. The third-order valence-corrected chi connectivity index (χ3v) is 4.59. The molecule has 0 fully saturated rings. The van der Waals surface area contributed by atoms with Gasteiger partial charge in [0.05, 0.1) is 18.6 Å². The predicted molar refractivity (Wildman–Crippen MR) is 97.0 cm³/mol. The second kappa shape index (κ2) is 8.57. The first-order chi connectivity index (χ1) is 12.7. The molecule has 26 heavy (non-hydrogen) atoms. The molecule has 2 heterocycles. The van der Waals surface area contributed by atoms with E-state index in [4.69, 9.17) is 13.6 Å². The molecule has 7 nitrogen and oxygen atoms in total. The lowest BCUT2D eigenvalue weighted by molar-refractivity contribution is -0.120. The fourth-order valence-electron chi connectivity index (χ4n) is 2.23. The van der Waals surface area contributed by atoms with Crippen molar-refractivity contribution in [1.29, 1.82) is 0 Å². The smallest absolute Gasteiger partial charge is 0.284 e. The Bertz CT molecular complexity index is 831. The van der Waals surface area contributed by atoms with Crippen LogP contribution in [0.25, 0.3) is 11.7 Å². The molecule has 0 unspecified atom stereocenters. The van der Waals surface area contributed by atoms with E-state index in [1.54, 1.807) is 26.2 Å². The van der Waals surface area contributed by atoms with Crippen LogP contribution in [0.4, 0.5) is 0 Å². The summed E-state index contributed by atoms with van der Waals surface area (Å²) in [5.41, 5.74) is 1.13. The zero-order valence-corrected chi connectivity index (χ0v) is 15.3. The van der Waals surface area contributed by atoms with Crippen molar-refractivity contribution in [3.05, 3.63) is 48.2 Å². The molecule has 0 aliphatic rings. The summed E-state index contributed by atoms with van der Waals surface area (Å²) in [5.74, 6) is 1.53. The zero-order chi connectivity index (χ0) is 18.4. The summed E-state index contributed by atoms with van der Waals surface area (Å²) < 4.78 is 15.8. The maximum atomic E-state index is 12.2. The number of ether oxygens (including phenoxy) is 1. The largest absolute Gasteiger partial charge is 0.497 e. The molecule has 2 aromatic heterocycles. The van der Waals surface area contributed by atoms with Gasteiger partial charge in [-0.2, -0.15) is 0 Å². The topological polar surface area (TPSA) is 90.4 Å². The second-order valence-electron chi connectivity index (χ2n) is 5.50. The number of methoxy groups -OCH3 is 1. The monoisotopic (exact) mass is 373 g/mol. The van der Waals surface area contributed by atoms with E-state index in [0.29, 0.717) is 23.4 Å². The number of thioether (sulfide) groups is 1. The molecule has 0 radical (unpaired) electrons. The highest BCUT2D eigenvalue weighted by atomic mass is 32.2. The van der Waals surface area contributed by atoms with Gasteiger partial charge in [-0.05, 0) is 43.2 Å². The summed E-state index contributed by atoms with van der Waals surface area (Å²) in [7, 11) is 1.63. The van der Waals surface area contributed by atoms with Gasteiger partial charge in [0.1, 0.15) is 5.75 Å². The Morgan fingerprint density at radius 2 is 2.08 bits per heavy atom. The van der Waals surface area contributed by atoms with Crippen molar-refractivity contribution in [2.24, 2.45) is 0 Å². The van der Waals surface area contributed by atoms with Crippen LogP contribution in [-0.4, -0.2) is 35.0 Å². The van der Waals surface area contributed by atoms with Crippen molar-refractivity contribution in [3.8, 4) is 17.4 Å². The number of nitrogens with zero attached hydrogens (tertiary/aromatic N) is 2. The number of aromatic nitrogens is 2. The Hall–Kier alpha value is -2.74. The SMILES string of the molecule is COc1ccc(CCNC(=O)[C@H](C)Sc2nnc(-c3ccco3)o2)cc1. The Morgan fingerprint density at radius 3 is 2.77 bits per heavy atom. The molecule has 3 rings (SSSR count). The van der Waals surface area contributed by atoms with Crippen molar-refractivity contribution in [2.75, 3.05) is 13.7 Å². The zero-order valence-electron chi connectivity index (χ0n) is 14.5. The molecule has 0 saturated heterocycles. The van der Waals surface area contributed by atoms with Crippen LogP contribution < -0.4 is 10.1 Å². The molecule has 0 bridgehead atoms. The number of carbonyl (C=O) groups is 1. The van der Waals surface area contributed by atoms with Gasteiger partial charge >= 0.3 is 0 Å². The molecule has 1 N–H and O–H groups in total. The Kier molecular flexibility index (Phi) is 5.96. The van der Waals surface area contributed by atoms with Gasteiger partial charge in [-0.15, -0.1) is 10.2 Å². The second-order valence-corrected chi connectivity index (χ2v) is 6.79. The van der Waals surface area contributed by atoms with Crippen LogP contribution in [0.15, 0.2) is 56.7 Å². The highest BCUT2D eigenvalue weighted by Gasteiger charge is 2.19. The summed E-state index contributed by atoms with van der Waals surface area (Å²) in [6.07, 6.45) is 2.28. The van der Waals surface area contributed by atoms with Gasteiger partial charge in [0, 0.05) is 6.54 Å². The molecular weight excluding hydrogens is 354 g/mol. The van der Waals surface area contributed by atoms with Crippen LogP contribution in [0, 0.1) is 0 Å². The minimum Gasteiger partial charge on any atom is -0.497 e. The average Bonchev–Trinajstić information content (AvgIpc) is 3.33. The fraction of sp³-hybridized carbons (Fsp3) is 0.278. The van der Waals surface area contributed by atoms with Gasteiger partial charge in [0.25, 0.3) is 11.1 Å². The molecule has 1 aromatic carbocycles. The van der Waals surface area contributed by atoms with Gasteiger partial charge in [-0.25, -0.2) is 0 Å². The first kappa shape index (κ1) is 18.1. The van der Waals surface area contributed by atoms with E-state index >= 15 is 0 Å². The van der Waals surface area contributed by atoms with Crippen molar-refractivity contribution in [3.63, 3.8) is 0 Å². The number of furan rings is 1. The predicted octanol–water partition coefficient (Wildman–Crippen LogP) is 3.18. The quantitative estimate of drug-likeness (QED) is 0.606. The summed E-state index contributed by atoms with van der Waals surface area (Å²) in [6.45, 7) is 2.35. The van der Waals surface area contributed by atoms with Gasteiger partial charge in [-0.3, -0.25) is 4.79 Å². The molecule has 1 atom stereocenters. The molecule has 0 aliphatic heterocycles. The number of hydrogen-bond donors (Lipinski definition) is 1. The molecule has 0 spiro atoms. The molecule has 136 valence electrons. The van der Waals surface area contributed by atoms with Crippen molar-refractivity contribution >= 4 is 17.7 Å². The van der Waals surface area contributed by atoms with Crippen molar-refractivity contribution in [1.82, 2.24) is 15.5 Å². The number of benzene rings is 1.